The number of aromatic nitrogens is 2. The fraction of sp³-hybridized carbons (Fsp3) is 0.368. The van der Waals surface area contributed by atoms with Gasteiger partial charge in [-0.2, -0.15) is 4.98 Å². The van der Waals surface area contributed by atoms with Gasteiger partial charge < -0.3 is 15.2 Å². The number of carbonyl (C=O) groups is 2. The Morgan fingerprint density at radius 2 is 1.85 bits per heavy atom. The van der Waals surface area contributed by atoms with E-state index in [0.29, 0.717) is 17.8 Å². The lowest BCUT2D eigenvalue weighted by atomic mass is 10.0. The van der Waals surface area contributed by atoms with E-state index in [0.717, 1.165) is 11.1 Å². The second-order valence-electron chi connectivity index (χ2n) is 6.37. The maximum atomic E-state index is 12.5. The van der Waals surface area contributed by atoms with Gasteiger partial charge >= 0.3 is 5.69 Å². The first-order valence-corrected chi connectivity index (χ1v) is 8.41. The average Bonchev–Trinajstić information content (AvgIpc) is 2.58. The van der Waals surface area contributed by atoms with Crippen LogP contribution in [0.4, 0.5) is 0 Å². The van der Waals surface area contributed by atoms with Crippen molar-refractivity contribution in [1.82, 2.24) is 20.2 Å². The SMILES string of the molecule is Cc1nc(=O)[nH]c(C)c1CCC(=O)N[C@@H](C(=O)N(C)C)c1ccccc1. The standard InChI is InChI=1S/C19H24N4O3/c1-12-15(13(2)21-19(26)20-12)10-11-16(24)22-17(18(25)23(3)4)14-8-6-5-7-9-14/h5-9,17H,10-11H2,1-4H3,(H,22,24)(H,20,21,26)/t17-/m1/s1. The monoisotopic (exact) mass is 356 g/mol. The van der Waals surface area contributed by atoms with E-state index in [1.807, 2.05) is 30.3 Å². The number of amides is 2. The van der Waals surface area contributed by atoms with Gasteiger partial charge in [0.2, 0.25) is 11.8 Å². The molecule has 7 heteroatoms. The highest BCUT2D eigenvalue weighted by molar-refractivity contribution is 5.88. The van der Waals surface area contributed by atoms with E-state index in [9.17, 15) is 14.4 Å². The van der Waals surface area contributed by atoms with Crippen LogP contribution in [0.5, 0.6) is 0 Å². The molecule has 0 fully saturated rings. The third-order valence-corrected chi connectivity index (χ3v) is 4.18. The van der Waals surface area contributed by atoms with Crippen molar-refractivity contribution in [2.45, 2.75) is 32.7 Å². The molecule has 0 bridgehead atoms. The van der Waals surface area contributed by atoms with Crippen molar-refractivity contribution in [1.29, 1.82) is 0 Å². The van der Waals surface area contributed by atoms with Crippen molar-refractivity contribution in [3.63, 3.8) is 0 Å². The Hall–Kier alpha value is -2.96. The van der Waals surface area contributed by atoms with E-state index in [1.165, 1.54) is 4.90 Å². The number of aryl methyl sites for hydroxylation is 2. The van der Waals surface area contributed by atoms with E-state index in [4.69, 9.17) is 0 Å². The van der Waals surface area contributed by atoms with Gasteiger partial charge in [-0.15, -0.1) is 0 Å². The van der Waals surface area contributed by atoms with Crippen LogP contribution < -0.4 is 11.0 Å². The van der Waals surface area contributed by atoms with Crippen molar-refractivity contribution in [3.8, 4) is 0 Å². The number of likely N-dealkylation sites (N-methyl/N-ethyl adjacent to an activating group) is 1. The third-order valence-electron chi connectivity index (χ3n) is 4.18. The van der Waals surface area contributed by atoms with Gasteiger partial charge in [-0.25, -0.2) is 4.79 Å². The molecule has 2 N–H and O–H groups in total. The van der Waals surface area contributed by atoms with Crippen LogP contribution in [0.3, 0.4) is 0 Å². The van der Waals surface area contributed by atoms with Crippen molar-refractivity contribution in [3.05, 3.63) is 63.3 Å². The van der Waals surface area contributed by atoms with Gasteiger partial charge in [0.25, 0.3) is 0 Å². The Balaban J connectivity index is 2.11. The fourth-order valence-electron chi connectivity index (χ4n) is 2.79. The molecule has 0 saturated heterocycles. The molecule has 1 aromatic carbocycles. The Kier molecular flexibility index (Phi) is 6.27. The summed E-state index contributed by atoms with van der Waals surface area (Å²) in [4.78, 5) is 44.2. The van der Waals surface area contributed by atoms with Crippen LogP contribution in [0.1, 0.15) is 35.0 Å². The fourth-order valence-corrected chi connectivity index (χ4v) is 2.79. The van der Waals surface area contributed by atoms with Gasteiger partial charge in [0.15, 0.2) is 0 Å². The number of nitrogens with one attached hydrogen (secondary N) is 2. The lowest BCUT2D eigenvalue weighted by Gasteiger charge is -2.22. The molecule has 0 aliphatic carbocycles. The molecule has 0 aliphatic heterocycles. The molecule has 0 radical (unpaired) electrons. The second kappa shape index (κ2) is 8.42. The summed E-state index contributed by atoms with van der Waals surface area (Å²) in [5, 5.41) is 2.81. The van der Waals surface area contributed by atoms with Crippen molar-refractivity contribution in [2.75, 3.05) is 14.1 Å². The summed E-state index contributed by atoms with van der Waals surface area (Å²) in [5.41, 5.74) is 2.50. The quantitative estimate of drug-likeness (QED) is 0.815. The molecule has 2 rings (SSSR count). The topological polar surface area (TPSA) is 95.2 Å². The number of rotatable bonds is 6. The molecule has 0 aliphatic rings. The zero-order valence-corrected chi connectivity index (χ0v) is 15.5. The van der Waals surface area contributed by atoms with Gasteiger partial charge in [-0.05, 0) is 31.4 Å². The number of hydrogen-bond acceptors (Lipinski definition) is 4. The van der Waals surface area contributed by atoms with E-state index in [2.05, 4.69) is 15.3 Å². The first-order valence-electron chi connectivity index (χ1n) is 8.41. The summed E-state index contributed by atoms with van der Waals surface area (Å²) >= 11 is 0. The van der Waals surface area contributed by atoms with E-state index in [-0.39, 0.29) is 18.2 Å². The number of aromatic amines is 1. The minimum atomic E-state index is -0.727. The minimum Gasteiger partial charge on any atom is -0.347 e. The molecule has 1 heterocycles. The molecule has 2 aromatic rings. The van der Waals surface area contributed by atoms with Crippen LogP contribution in [-0.4, -0.2) is 40.8 Å². The lowest BCUT2D eigenvalue weighted by Crippen LogP contribution is -2.40. The first-order chi connectivity index (χ1) is 12.3. The van der Waals surface area contributed by atoms with Gasteiger partial charge in [0.1, 0.15) is 6.04 Å². The van der Waals surface area contributed by atoms with E-state index >= 15 is 0 Å². The summed E-state index contributed by atoms with van der Waals surface area (Å²) < 4.78 is 0. The molecular weight excluding hydrogens is 332 g/mol. The summed E-state index contributed by atoms with van der Waals surface area (Å²) in [7, 11) is 3.31. The molecule has 0 saturated carbocycles. The predicted molar refractivity (Wildman–Crippen MR) is 98.7 cm³/mol. The Bertz CT molecular complexity index is 817. The molecule has 1 aromatic heterocycles. The predicted octanol–water partition coefficient (Wildman–Crippen LogP) is 1.27. The van der Waals surface area contributed by atoms with Gasteiger partial charge in [-0.3, -0.25) is 9.59 Å². The highest BCUT2D eigenvalue weighted by atomic mass is 16.2. The molecule has 7 nitrogen and oxygen atoms in total. The normalized spacial score (nSPS) is 11.7. The summed E-state index contributed by atoms with van der Waals surface area (Å²) in [6.45, 7) is 3.53. The Morgan fingerprint density at radius 1 is 1.19 bits per heavy atom. The number of hydrogen-bond donors (Lipinski definition) is 2. The number of nitrogens with zero attached hydrogens (tertiary/aromatic N) is 2. The Morgan fingerprint density at radius 3 is 2.42 bits per heavy atom. The Labute approximate surface area is 152 Å². The number of H-pyrrole nitrogens is 1. The lowest BCUT2D eigenvalue weighted by molar-refractivity contribution is -0.134. The highest BCUT2D eigenvalue weighted by Crippen LogP contribution is 2.16. The molecule has 0 spiro atoms. The summed E-state index contributed by atoms with van der Waals surface area (Å²) in [5.74, 6) is -0.429. The highest BCUT2D eigenvalue weighted by Gasteiger charge is 2.24. The van der Waals surface area contributed by atoms with Gasteiger partial charge in [0.05, 0.1) is 0 Å². The van der Waals surface area contributed by atoms with Crippen LogP contribution >= 0.6 is 0 Å². The van der Waals surface area contributed by atoms with E-state index in [1.54, 1.807) is 27.9 Å². The smallest absolute Gasteiger partial charge is 0.345 e. The molecule has 26 heavy (non-hydrogen) atoms. The maximum Gasteiger partial charge on any atom is 0.345 e. The zero-order chi connectivity index (χ0) is 19.3. The first kappa shape index (κ1) is 19.4. The van der Waals surface area contributed by atoms with Crippen molar-refractivity contribution < 1.29 is 9.59 Å². The second-order valence-corrected chi connectivity index (χ2v) is 6.37. The molecule has 2 amide bonds. The van der Waals surface area contributed by atoms with E-state index < -0.39 is 11.7 Å². The van der Waals surface area contributed by atoms with Crippen LogP contribution in [0, 0.1) is 13.8 Å². The van der Waals surface area contributed by atoms with Gasteiger partial charge in [0, 0.05) is 31.9 Å². The van der Waals surface area contributed by atoms with Crippen LogP contribution in [0.25, 0.3) is 0 Å². The maximum absolute atomic E-state index is 12.5. The van der Waals surface area contributed by atoms with Crippen LogP contribution in [0.2, 0.25) is 0 Å². The molecular formula is C19H24N4O3. The minimum absolute atomic E-state index is 0.192. The molecule has 138 valence electrons. The summed E-state index contributed by atoms with van der Waals surface area (Å²) in [6, 6.07) is 8.41. The number of benzene rings is 1. The van der Waals surface area contributed by atoms with Gasteiger partial charge in [-0.1, -0.05) is 30.3 Å². The number of carbonyl (C=O) groups excluding carboxylic acids is 2. The van der Waals surface area contributed by atoms with Crippen molar-refractivity contribution in [2.24, 2.45) is 0 Å². The molecule has 1 atom stereocenters. The van der Waals surface area contributed by atoms with Crippen LogP contribution in [-0.2, 0) is 16.0 Å². The largest absolute Gasteiger partial charge is 0.347 e. The summed E-state index contributed by atoms with van der Waals surface area (Å²) in [6.07, 6.45) is 0.629. The zero-order valence-electron chi connectivity index (χ0n) is 15.5. The average molecular weight is 356 g/mol. The molecule has 0 unspecified atom stereocenters. The van der Waals surface area contributed by atoms with Crippen molar-refractivity contribution >= 4 is 11.8 Å². The van der Waals surface area contributed by atoms with Crippen LogP contribution in [0.15, 0.2) is 35.1 Å². The third kappa shape index (κ3) is 4.78.